The van der Waals surface area contributed by atoms with Gasteiger partial charge in [0, 0.05) is 29.6 Å². The van der Waals surface area contributed by atoms with Crippen molar-refractivity contribution < 1.29 is 9.64 Å². The lowest BCUT2D eigenvalue weighted by molar-refractivity contribution is -0.850. The molecule has 3 atom stereocenters. The summed E-state index contributed by atoms with van der Waals surface area (Å²) in [5, 5.41) is 5.12. The molecule has 4 aromatic rings. The minimum Gasteiger partial charge on any atom is -0.438 e. The summed E-state index contributed by atoms with van der Waals surface area (Å²) in [6, 6.07) is 26.9. The normalized spacial score (nSPS) is 22.8. The molecule has 3 unspecified atom stereocenters. The zero-order valence-electron chi connectivity index (χ0n) is 24.1. The highest BCUT2D eigenvalue weighted by molar-refractivity contribution is 5.95. The van der Waals surface area contributed by atoms with Gasteiger partial charge < -0.3 is 9.64 Å². The third-order valence-corrected chi connectivity index (χ3v) is 8.74. The maximum atomic E-state index is 6.84. The van der Waals surface area contributed by atoms with Crippen LogP contribution in [-0.4, -0.2) is 19.1 Å². The summed E-state index contributed by atoms with van der Waals surface area (Å²) < 4.78 is 6.84. The molecule has 0 aromatic heterocycles. The molecule has 0 bridgehead atoms. The Hall–Kier alpha value is -3.56. The number of fused-ring (bicyclic) bond motifs is 6. The van der Waals surface area contributed by atoms with Crippen LogP contribution in [0, 0.1) is 0 Å². The first-order valence-corrected chi connectivity index (χ1v) is 14.7. The van der Waals surface area contributed by atoms with E-state index in [0.29, 0.717) is 0 Å². The maximum absolute atomic E-state index is 6.84. The van der Waals surface area contributed by atoms with Crippen LogP contribution in [0.2, 0.25) is 0 Å². The number of rotatable bonds is 7. The number of anilines is 1. The van der Waals surface area contributed by atoms with Crippen LogP contribution in [-0.2, 0) is 5.41 Å². The van der Waals surface area contributed by atoms with Crippen LogP contribution in [0.1, 0.15) is 59.4 Å². The zero-order valence-corrected chi connectivity index (χ0v) is 24.1. The number of hydrogen-bond donors (Lipinski definition) is 1. The molecule has 2 aliphatic rings. The monoisotopic (exact) mass is 517 g/mol. The highest BCUT2D eigenvalue weighted by Gasteiger charge is 2.52. The van der Waals surface area contributed by atoms with Crippen molar-refractivity contribution in [1.29, 1.82) is 0 Å². The highest BCUT2D eigenvalue weighted by atomic mass is 16.5. The van der Waals surface area contributed by atoms with Crippen molar-refractivity contribution in [1.82, 2.24) is 0 Å². The molecule has 0 radical (unpaired) electrons. The van der Waals surface area contributed by atoms with E-state index in [1.807, 2.05) is 0 Å². The van der Waals surface area contributed by atoms with Crippen LogP contribution >= 0.6 is 0 Å². The Morgan fingerprint density at radius 3 is 2.31 bits per heavy atom. The highest BCUT2D eigenvalue weighted by Crippen LogP contribution is 2.47. The molecule has 4 aromatic carbocycles. The first-order valence-electron chi connectivity index (χ1n) is 14.7. The number of allylic oxidation sites excluding steroid dienone is 2. The van der Waals surface area contributed by atoms with Gasteiger partial charge in [0.05, 0.1) is 17.6 Å². The lowest BCUT2D eigenvalue weighted by Crippen LogP contribution is -3.10. The number of nitrogens with zero attached hydrogens (tertiary/aromatic N) is 1. The van der Waals surface area contributed by atoms with Crippen molar-refractivity contribution in [2.45, 2.75) is 65.3 Å². The molecule has 0 saturated heterocycles. The van der Waals surface area contributed by atoms with Gasteiger partial charge in [-0.15, -0.1) is 0 Å². The van der Waals surface area contributed by atoms with Crippen molar-refractivity contribution in [3.8, 4) is 5.75 Å². The fraction of sp³-hybridized carbons (Fsp3) is 0.333. The van der Waals surface area contributed by atoms with Gasteiger partial charge in [-0.1, -0.05) is 80.1 Å². The average molecular weight is 518 g/mol. The molecule has 0 spiro atoms. The molecule has 0 saturated carbocycles. The van der Waals surface area contributed by atoms with E-state index < -0.39 is 0 Å². The molecule has 3 heteroatoms. The number of ether oxygens (including phenoxy) is 1. The fourth-order valence-corrected chi connectivity index (χ4v) is 6.90. The zero-order chi connectivity index (χ0) is 27.1. The number of benzene rings is 4. The summed E-state index contributed by atoms with van der Waals surface area (Å²) in [4.78, 5) is 3.96. The summed E-state index contributed by atoms with van der Waals surface area (Å²) in [5.41, 5.74) is 5.45. The van der Waals surface area contributed by atoms with Gasteiger partial charge in [-0.05, 0) is 68.3 Å². The van der Waals surface area contributed by atoms with E-state index in [0.717, 1.165) is 44.0 Å². The molecular formula is C36H41N2O+. The van der Waals surface area contributed by atoms with Crippen LogP contribution in [0.25, 0.3) is 21.5 Å². The molecule has 2 aliphatic heterocycles. The lowest BCUT2D eigenvalue weighted by Gasteiger charge is -2.31. The molecule has 200 valence electrons. The summed E-state index contributed by atoms with van der Waals surface area (Å²) >= 11 is 0. The predicted molar refractivity (Wildman–Crippen MR) is 165 cm³/mol. The summed E-state index contributed by atoms with van der Waals surface area (Å²) in [6.07, 6.45) is 8.10. The Bertz CT molecular complexity index is 1590. The van der Waals surface area contributed by atoms with Crippen molar-refractivity contribution in [3.63, 3.8) is 0 Å². The average Bonchev–Trinajstić information content (AvgIpc) is 3.41. The first-order chi connectivity index (χ1) is 19.0. The lowest BCUT2D eigenvalue weighted by atomic mass is 9.73. The topological polar surface area (TPSA) is 16.9 Å². The number of hydrogen-bond acceptors (Lipinski definition) is 2. The van der Waals surface area contributed by atoms with Crippen molar-refractivity contribution >= 4 is 32.9 Å². The molecule has 39 heavy (non-hydrogen) atoms. The first kappa shape index (κ1) is 25.7. The van der Waals surface area contributed by atoms with Crippen LogP contribution in [0.5, 0.6) is 5.75 Å². The molecule has 6 rings (SSSR count). The van der Waals surface area contributed by atoms with E-state index >= 15 is 0 Å². The second kappa shape index (κ2) is 10.2. The largest absolute Gasteiger partial charge is 0.438 e. The molecule has 0 fully saturated rings. The van der Waals surface area contributed by atoms with Gasteiger partial charge in [-0.3, -0.25) is 4.90 Å². The molecule has 1 N–H and O–H groups in total. The third kappa shape index (κ3) is 4.24. The SMILES string of the molecule is CCCN1/C(=C/C2[NH+](CCC)c3ccc4ccccc4c3C2(C)CC=C(C)C)Oc2c1ccc1ccccc21. The minimum absolute atomic E-state index is 0.0664. The third-order valence-electron chi connectivity index (χ3n) is 8.74. The molecule has 0 aliphatic carbocycles. The van der Waals surface area contributed by atoms with Crippen molar-refractivity contribution in [2.75, 3.05) is 18.0 Å². The minimum atomic E-state index is -0.0664. The fourth-order valence-electron chi connectivity index (χ4n) is 6.90. The molecule has 2 heterocycles. The van der Waals surface area contributed by atoms with E-state index in [9.17, 15) is 0 Å². The van der Waals surface area contributed by atoms with E-state index in [4.69, 9.17) is 4.74 Å². The summed E-state index contributed by atoms with van der Waals surface area (Å²) in [5.74, 6) is 1.99. The summed E-state index contributed by atoms with van der Waals surface area (Å²) in [6.45, 7) is 13.5. The summed E-state index contributed by atoms with van der Waals surface area (Å²) in [7, 11) is 0. The molecule has 3 nitrogen and oxygen atoms in total. The predicted octanol–water partition coefficient (Wildman–Crippen LogP) is 8.07. The van der Waals surface area contributed by atoms with Gasteiger partial charge in [0.15, 0.2) is 5.75 Å². The smallest absolute Gasteiger partial charge is 0.202 e. The van der Waals surface area contributed by atoms with E-state index in [-0.39, 0.29) is 11.5 Å². The quantitative estimate of drug-likeness (QED) is 0.250. The Morgan fingerprint density at radius 1 is 0.897 bits per heavy atom. The van der Waals surface area contributed by atoms with Gasteiger partial charge in [0.25, 0.3) is 0 Å². The Morgan fingerprint density at radius 2 is 1.59 bits per heavy atom. The van der Waals surface area contributed by atoms with Gasteiger partial charge in [0.2, 0.25) is 5.88 Å². The van der Waals surface area contributed by atoms with Crippen LogP contribution in [0.3, 0.4) is 0 Å². The van der Waals surface area contributed by atoms with Gasteiger partial charge in [-0.25, -0.2) is 0 Å². The number of nitrogens with one attached hydrogen (secondary N) is 1. The van der Waals surface area contributed by atoms with E-state index in [2.05, 4.69) is 124 Å². The Labute approximate surface area is 233 Å². The van der Waals surface area contributed by atoms with Crippen molar-refractivity contribution in [3.05, 3.63) is 102 Å². The number of quaternary nitrogens is 1. The second-order valence-corrected chi connectivity index (χ2v) is 11.8. The van der Waals surface area contributed by atoms with Crippen LogP contribution in [0.15, 0.2) is 96.4 Å². The standard InChI is InChI=1S/C36H40N2O/c1-6-22-37-30-18-16-26-12-8-10-14-28(26)34(30)36(5,21-20-25(3)4)32(37)24-33-38(23-7-2)31-19-17-27-13-9-11-15-29(27)35(31)39-33/h8-20,24,32H,6-7,21-23H2,1-5H3/p+1/b33-24-. The van der Waals surface area contributed by atoms with Crippen LogP contribution < -0.4 is 14.5 Å². The second-order valence-electron chi connectivity index (χ2n) is 11.8. The van der Waals surface area contributed by atoms with Crippen LogP contribution in [0.4, 0.5) is 11.4 Å². The van der Waals surface area contributed by atoms with Gasteiger partial charge in [0.1, 0.15) is 11.7 Å². The Kier molecular flexibility index (Phi) is 6.72. The van der Waals surface area contributed by atoms with Gasteiger partial charge in [-0.2, -0.15) is 0 Å². The molecule has 0 amide bonds. The van der Waals surface area contributed by atoms with Crippen molar-refractivity contribution in [2.24, 2.45) is 0 Å². The molecular weight excluding hydrogens is 476 g/mol. The van der Waals surface area contributed by atoms with Gasteiger partial charge >= 0.3 is 0 Å². The maximum Gasteiger partial charge on any atom is 0.202 e. The van der Waals surface area contributed by atoms with E-state index in [1.165, 1.54) is 44.1 Å². The van der Waals surface area contributed by atoms with E-state index in [1.54, 1.807) is 4.90 Å². The Balaban J connectivity index is 1.54.